The molecule has 188 valence electrons. The summed E-state index contributed by atoms with van der Waals surface area (Å²) in [7, 11) is 0. The zero-order valence-electron chi connectivity index (χ0n) is 19.2. The molecular weight excluding hydrogens is 498 g/mol. The number of benzene rings is 2. The number of aromatic hydroxyl groups is 1. The van der Waals surface area contributed by atoms with Crippen LogP contribution in [0.4, 0.5) is 17.6 Å². The fraction of sp³-hybridized carbons (Fsp3) is 0.280. The number of halogens is 4. The summed E-state index contributed by atoms with van der Waals surface area (Å²) in [6.45, 7) is 2.22. The van der Waals surface area contributed by atoms with Crippen LogP contribution in [0.1, 0.15) is 45.7 Å². The van der Waals surface area contributed by atoms with Crippen LogP contribution in [0.25, 0.3) is 0 Å². The van der Waals surface area contributed by atoms with Gasteiger partial charge >= 0.3 is 6.18 Å². The van der Waals surface area contributed by atoms with Gasteiger partial charge in [-0.3, -0.25) is 19.3 Å². The predicted molar refractivity (Wildman–Crippen MR) is 126 cm³/mol. The molecule has 0 saturated carbocycles. The standard InChI is InChI=1S/C25H21F4N3O3S/c1-13-5-3-7-16-20(15-6-4-8-18(26)17(15)11-36-23(13)16)32-12-30(14(2)25(27,28)29)24(35)21-22(34)19(33)9-10-31(21)32/h3-10,14,20,34H,11-12H2,1-2H3/t14-,20-/m1/s1. The molecule has 0 fully saturated rings. The maximum Gasteiger partial charge on any atom is 0.408 e. The van der Waals surface area contributed by atoms with E-state index in [1.165, 1.54) is 39.8 Å². The largest absolute Gasteiger partial charge is 0.502 e. The molecule has 3 heterocycles. The average Bonchev–Trinajstić information content (AvgIpc) is 2.99. The first-order chi connectivity index (χ1) is 17.0. The van der Waals surface area contributed by atoms with Crippen LogP contribution in [0.5, 0.6) is 5.75 Å². The molecule has 2 atom stereocenters. The molecule has 36 heavy (non-hydrogen) atoms. The summed E-state index contributed by atoms with van der Waals surface area (Å²) in [5, 5.41) is 12.0. The predicted octanol–water partition coefficient (Wildman–Crippen LogP) is 4.70. The molecule has 0 radical (unpaired) electrons. The Balaban J connectivity index is 1.81. The van der Waals surface area contributed by atoms with E-state index in [0.29, 0.717) is 27.3 Å². The van der Waals surface area contributed by atoms with E-state index in [1.807, 2.05) is 19.1 Å². The van der Waals surface area contributed by atoms with Crippen molar-refractivity contribution in [3.63, 3.8) is 0 Å². The quantitative estimate of drug-likeness (QED) is 0.498. The second kappa shape index (κ2) is 8.58. The molecule has 1 aromatic heterocycles. The van der Waals surface area contributed by atoms with Crippen LogP contribution in [-0.2, 0) is 5.75 Å². The highest BCUT2D eigenvalue weighted by molar-refractivity contribution is 7.98. The zero-order valence-corrected chi connectivity index (χ0v) is 20.0. The van der Waals surface area contributed by atoms with Crippen molar-refractivity contribution in [3.8, 4) is 5.75 Å². The number of carbonyl (C=O) groups is 1. The maximum atomic E-state index is 15.0. The molecule has 0 unspecified atom stereocenters. The second-order valence-electron chi connectivity index (χ2n) is 8.79. The van der Waals surface area contributed by atoms with Gasteiger partial charge in [0.1, 0.15) is 18.5 Å². The molecule has 2 aromatic carbocycles. The Bertz CT molecular complexity index is 1390. The fourth-order valence-electron chi connectivity index (χ4n) is 4.74. The van der Waals surface area contributed by atoms with Crippen molar-refractivity contribution < 1.29 is 27.5 Å². The van der Waals surface area contributed by atoms with E-state index in [2.05, 4.69) is 0 Å². The lowest BCUT2D eigenvalue weighted by atomic mass is 9.93. The molecule has 1 amide bonds. The highest BCUT2D eigenvalue weighted by Crippen LogP contribution is 2.45. The highest BCUT2D eigenvalue weighted by Gasteiger charge is 2.47. The number of aryl methyl sites for hydroxylation is 1. The highest BCUT2D eigenvalue weighted by atomic mass is 32.2. The smallest absolute Gasteiger partial charge is 0.408 e. The summed E-state index contributed by atoms with van der Waals surface area (Å²) in [5.41, 5.74) is 1.06. The van der Waals surface area contributed by atoms with Gasteiger partial charge in [-0.25, -0.2) is 4.39 Å². The average molecular weight is 520 g/mol. The van der Waals surface area contributed by atoms with Crippen LogP contribution in [0.3, 0.4) is 0 Å². The van der Waals surface area contributed by atoms with Crippen LogP contribution in [0.2, 0.25) is 0 Å². The maximum absolute atomic E-state index is 15.0. The number of nitrogens with zero attached hydrogens (tertiary/aromatic N) is 3. The van der Waals surface area contributed by atoms with Gasteiger partial charge in [-0.2, -0.15) is 13.2 Å². The SMILES string of the molecule is Cc1cccc2c1SCc1c(F)cccc1[C@H]2N1CN([C@H](C)C(F)(F)F)C(=O)c2c(O)c(=O)ccn21. The van der Waals surface area contributed by atoms with E-state index < -0.39 is 53.5 Å². The van der Waals surface area contributed by atoms with Gasteiger partial charge in [0.2, 0.25) is 5.43 Å². The third-order valence-electron chi connectivity index (χ3n) is 6.68. The number of hydrogen-bond acceptors (Lipinski definition) is 5. The summed E-state index contributed by atoms with van der Waals surface area (Å²) in [4.78, 5) is 26.8. The number of aromatic nitrogens is 1. The van der Waals surface area contributed by atoms with Gasteiger partial charge in [-0.05, 0) is 36.6 Å². The Morgan fingerprint density at radius 1 is 1.08 bits per heavy atom. The number of pyridine rings is 1. The number of fused-ring (bicyclic) bond motifs is 3. The molecule has 5 rings (SSSR count). The Labute approximate surface area is 207 Å². The van der Waals surface area contributed by atoms with Crippen LogP contribution in [0.15, 0.2) is 58.4 Å². The molecular formula is C25H21F4N3O3S. The van der Waals surface area contributed by atoms with Crippen LogP contribution in [0, 0.1) is 12.7 Å². The molecule has 1 N–H and O–H groups in total. The minimum atomic E-state index is -4.76. The summed E-state index contributed by atoms with van der Waals surface area (Å²) in [5.74, 6) is -2.22. The first-order valence-electron chi connectivity index (χ1n) is 11.1. The Morgan fingerprint density at radius 3 is 2.50 bits per heavy atom. The third kappa shape index (κ3) is 3.73. The monoisotopic (exact) mass is 519 g/mol. The number of hydrogen-bond donors (Lipinski definition) is 1. The van der Waals surface area contributed by atoms with Gasteiger partial charge < -0.3 is 10.0 Å². The first-order valence-corrected chi connectivity index (χ1v) is 12.1. The summed E-state index contributed by atoms with van der Waals surface area (Å²) < 4.78 is 57.6. The minimum absolute atomic E-state index is 0.300. The van der Waals surface area contributed by atoms with E-state index in [0.717, 1.165) is 23.4 Å². The number of thioether (sulfide) groups is 1. The molecule has 2 aliphatic rings. The lowest BCUT2D eigenvalue weighted by molar-refractivity contribution is -0.173. The summed E-state index contributed by atoms with van der Waals surface area (Å²) in [6.07, 6.45) is -3.51. The summed E-state index contributed by atoms with van der Waals surface area (Å²) >= 11 is 1.42. The number of alkyl halides is 3. The number of carbonyl (C=O) groups excluding carboxylic acids is 1. The van der Waals surface area contributed by atoms with Crippen molar-refractivity contribution in [1.82, 2.24) is 9.58 Å². The van der Waals surface area contributed by atoms with Crippen molar-refractivity contribution in [1.29, 1.82) is 0 Å². The first kappa shape index (κ1) is 24.2. The number of amides is 1. The van der Waals surface area contributed by atoms with Gasteiger partial charge in [0.15, 0.2) is 11.4 Å². The second-order valence-corrected chi connectivity index (χ2v) is 9.77. The van der Waals surface area contributed by atoms with Gasteiger partial charge in [-0.1, -0.05) is 30.3 Å². The van der Waals surface area contributed by atoms with E-state index in [-0.39, 0.29) is 0 Å². The Hall–Kier alpha value is -3.47. The fourth-order valence-corrected chi connectivity index (χ4v) is 5.98. The van der Waals surface area contributed by atoms with Crippen molar-refractivity contribution in [2.75, 3.05) is 11.7 Å². The molecule has 0 saturated heterocycles. The third-order valence-corrected chi connectivity index (χ3v) is 7.96. The van der Waals surface area contributed by atoms with Gasteiger partial charge in [-0.15, -0.1) is 11.8 Å². The van der Waals surface area contributed by atoms with E-state index in [4.69, 9.17) is 0 Å². The van der Waals surface area contributed by atoms with E-state index in [9.17, 15) is 27.9 Å². The normalized spacial score (nSPS) is 18.3. The number of rotatable bonds is 2. The van der Waals surface area contributed by atoms with Crippen molar-refractivity contribution in [2.45, 2.75) is 42.8 Å². The molecule has 0 aliphatic carbocycles. The Kier molecular flexibility index (Phi) is 5.77. The van der Waals surface area contributed by atoms with Crippen LogP contribution < -0.4 is 10.4 Å². The molecule has 0 spiro atoms. The molecule has 2 aliphatic heterocycles. The van der Waals surface area contributed by atoms with Crippen LogP contribution in [-0.4, -0.2) is 39.5 Å². The molecule has 11 heteroatoms. The molecule has 3 aromatic rings. The lowest BCUT2D eigenvalue weighted by Gasteiger charge is -2.46. The van der Waals surface area contributed by atoms with Crippen molar-refractivity contribution in [3.05, 3.63) is 92.6 Å². The lowest BCUT2D eigenvalue weighted by Crippen LogP contribution is -2.60. The molecule has 0 bridgehead atoms. The molecule has 6 nitrogen and oxygen atoms in total. The van der Waals surface area contributed by atoms with Gasteiger partial charge in [0.05, 0.1) is 6.04 Å². The van der Waals surface area contributed by atoms with Gasteiger partial charge in [0, 0.05) is 28.5 Å². The van der Waals surface area contributed by atoms with E-state index >= 15 is 4.39 Å². The Morgan fingerprint density at radius 2 is 1.78 bits per heavy atom. The minimum Gasteiger partial charge on any atom is -0.502 e. The summed E-state index contributed by atoms with van der Waals surface area (Å²) in [6, 6.07) is 8.08. The van der Waals surface area contributed by atoms with Gasteiger partial charge in [0.25, 0.3) is 5.91 Å². The zero-order chi connectivity index (χ0) is 25.9. The van der Waals surface area contributed by atoms with Crippen molar-refractivity contribution in [2.24, 2.45) is 0 Å². The van der Waals surface area contributed by atoms with Crippen LogP contribution >= 0.6 is 11.8 Å². The van der Waals surface area contributed by atoms with E-state index in [1.54, 1.807) is 12.1 Å². The topological polar surface area (TPSA) is 65.8 Å². The van der Waals surface area contributed by atoms with Crippen molar-refractivity contribution >= 4 is 17.7 Å².